The van der Waals surface area contributed by atoms with Crippen molar-refractivity contribution in [2.45, 2.75) is 0 Å². The highest BCUT2D eigenvalue weighted by molar-refractivity contribution is 6.30. The van der Waals surface area contributed by atoms with Crippen LogP contribution in [-0.2, 0) is 4.74 Å². The van der Waals surface area contributed by atoms with Gasteiger partial charge < -0.3 is 4.74 Å². The first-order valence-electron chi connectivity index (χ1n) is 5.05. The van der Waals surface area contributed by atoms with E-state index in [-0.39, 0.29) is 11.3 Å². The third kappa shape index (κ3) is 2.12. The first-order valence-corrected chi connectivity index (χ1v) is 5.42. The predicted molar refractivity (Wildman–Crippen MR) is 65.3 cm³/mol. The summed E-state index contributed by atoms with van der Waals surface area (Å²) in [5.74, 6) is -0.600. The summed E-state index contributed by atoms with van der Waals surface area (Å²) in [5, 5.41) is 4.57. The molecule has 6 heteroatoms. The van der Waals surface area contributed by atoms with Crippen LogP contribution >= 0.6 is 11.6 Å². The van der Waals surface area contributed by atoms with Gasteiger partial charge in [0.15, 0.2) is 6.29 Å². The average Bonchev–Trinajstić information content (AvgIpc) is 2.82. The van der Waals surface area contributed by atoms with Crippen molar-refractivity contribution in [2.75, 3.05) is 7.11 Å². The molecule has 18 heavy (non-hydrogen) atoms. The van der Waals surface area contributed by atoms with Gasteiger partial charge in [-0.05, 0) is 24.3 Å². The number of carbonyl (C=O) groups is 2. The lowest BCUT2D eigenvalue weighted by molar-refractivity contribution is 0.0598. The van der Waals surface area contributed by atoms with Gasteiger partial charge in [0, 0.05) is 5.02 Å². The number of esters is 1. The molecule has 92 valence electrons. The Balaban J connectivity index is 2.52. The zero-order chi connectivity index (χ0) is 13.1. The number of rotatable bonds is 3. The molecule has 0 aliphatic heterocycles. The maximum Gasteiger partial charge on any atom is 0.341 e. The molecule has 0 saturated heterocycles. The van der Waals surface area contributed by atoms with Crippen LogP contribution in [0.4, 0.5) is 0 Å². The molecule has 2 rings (SSSR count). The predicted octanol–water partition coefficient (Wildman–Crippen LogP) is 2.12. The highest BCUT2D eigenvalue weighted by atomic mass is 35.5. The summed E-state index contributed by atoms with van der Waals surface area (Å²) in [6, 6.07) is 6.74. The maximum atomic E-state index is 11.4. The van der Waals surface area contributed by atoms with Gasteiger partial charge >= 0.3 is 5.97 Å². The van der Waals surface area contributed by atoms with Crippen molar-refractivity contribution in [3.63, 3.8) is 0 Å². The fraction of sp³-hybridized carbons (Fsp3) is 0.0833. The summed E-state index contributed by atoms with van der Waals surface area (Å²) in [5.41, 5.74) is 0.906. The Morgan fingerprint density at radius 3 is 2.61 bits per heavy atom. The van der Waals surface area contributed by atoms with Gasteiger partial charge in [-0.1, -0.05) is 11.6 Å². The molecule has 0 bridgehead atoms. The Kier molecular flexibility index (Phi) is 3.43. The normalized spacial score (nSPS) is 10.1. The van der Waals surface area contributed by atoms with E-state index in [0.29, 0.717) is 17.0 Å². The number of halogens is 1. The van der Waals surface area contributed by atoms with E-state index in [1.165, 1.54) is 18.0 Å². The molecule has 0 N–H and O–H groups in total. The number of aldehydes is 1. The van der Waals surface area contributed by atoms with Crippen LogP contribution in [0.25, 0.3) is 5.69 Å². The SMILES string of the molecule is COC(=O)c1cnn(-c2ccc(Cl)cc2)c1C=O. The van der Waals surface area contributed by atoms with Crippen molar-refractivity contribution in [2.24, 2.45) is 0 Å². The first-order chi connectivity index (χ1) is 8.67. The van der Waals surface area contributed by atoms with Gasteiger partial charge in [-0.2, -0.15) is 5.10 Å². The van der Waals surface area contributed by atoms with Crippen LogP contribution in [0.1, 0.15) is 20.8 Å². The third-order valence-electron chi connectivity index (χ3n) is 2.39. The van der Waals surface area contributed by atoms with E-state index in [9.17, 15) is 9.59 Å². The van der Waals surface area contributed by atoms with Crippen LogP contribution in [-0.4, -0.2) is 29.1 Å². The molecule has 0 aliphatic carbocycles. The van der Waals surface area contributed by atoms with Gasteiger partial charge in [0.05, 0.1) is 19.0 Å². The zero-order valence-corrected chi connectivity index (χ0v) is 10.2. The summed E-state index contributed by atoms with van der Waals surface area (Å²) >= 11 is 5.78. The summed E-state index contributed by atoms with van der Waals surface area (Å²) in [6.45, 7) is 0. The molecule has 0 unspecified atom stereocenters. The van der Waals surface area contributed by atoms with E-state index in [0.717, 1.165) is 0 Å². The van der Waals surface area contributed by atoms with Gasteiger partial charge in [-0.3, -0.25) is 4.79 Å². The Labute approximate surface area is 108 Å². The molecule has 0 aliphatic rings. The van der Waals surface area contributed by atoms with Crippen LogP contribution in [0.15, 0.2) is 30.5 Å². The smallest absolute Gasteiger partial charge is 0.341 e. The zero-order valence-electron chi connectivity index (χ0n) is 9.46. The Hall–Kier alpha value is -2.14. The lowest BCUT2D eigenvalue weighted by atomic mass is 10.2. The van der Waals surface area contributed by atoms with Crippen LogP contribution in [0, 0.1) is 0 Å². The van der Waals surface area contributed by atoms with E-state index in [2.05, 4.69) is 9.84 Å². The van der Waals surface area contributed by atoms with Crippen LogP contribution in [0.3, 0.4) is 0 Å². The highest BCUT2D eigenvalue weighted by Crippen LogP contribution is 2.16. The first kappa shape index (κ1) is 12.3. The standard InChI is InChI=1S/C12H9ClN2O3/c1-18-12(17)10-6-14-15(11(10)7-16)9-4-2-8(13)3-5-9/h2-7H,1H3. The molecule has 1 aromatic heterocycles. The molecule has 1 heterocycles. The van der Waals surface area contributed by atoms with Gasteiger partial charge in [-0.25, -0.2) is 9.48 Å². The Morgan fingerprint density at radius 1 is 1.39 bits per heavy atom. The fourth-order valence-electron chi connectivity index (χ4n) is 1.53. The minimum Gasteiger partial charge on any atom is -0.465 e. The molecule has 2 aromatic rings. The van der Waals surface area contributed by atoms with Crippen molar-refractivity contribution in [1.29, 1.82) is 0 Å². The van der Waals surface area contributed by atoms with E-state index < -0.39 is 5.97 Å². The van der Waals surface area contributed by atoms with Gasteiger partial charge in [0.1, 0.15) is 11.3 Å². The summed E-state index contributed by atoms with van der Waals surface area (Å²) in [7, 11) is 1.25. The molecule has 0 amide bonds. The molecule has 5 nitrogen and oxygen atoms in total. The summed E-state index contributed by atoms with van der Waals surface area (Å²) in [4.78, 5) is 22.5. The van der Waals surface area contributed by atoms with Crippen molar-refractivity contribution in [3.05, 3.63) is 46.7 Å². The van der Waals surface area contributed by atoms with Crippen LogP contribution in [0.2, 0.25) is 5.02 Å². The van der Waals surface area contributed by atoms with E-state index in [1.54, 1.807) is 24.3 Å². The molecule has 0 spiro atoms. The van der Waals surface area contributed by atoms with Gasteiger partial charge in [-0.15, -0.1) is 0 Å². The fourth-order valence-corrected chi connectivity index (χ4v) is 1.65. The van der Waals surface area contributed by atoms with Crippen molar-refractivity contribution >= 4 is 23.9 Å². The van der Waals surface area contributed by atoms with E-state index in [4.69, 9.17) is 11.6 Å². The number of nitrogens with zero attached hydrogens (tertiary/aromatic N) is 2. The number of ether oxygens (including phenoxy) is 1. The second-order valence-corrected chi connectivity index (χ2v) is 3.88. The van der Waals surface area contributed by atoms with Gasteiger partial charge in [0.2, 0.25) is 0 Å². The van der Waals surface area contributed by atoms with Crippen molar-refractivity contribution in [3.8, 4) is 5.69 Å². The average molecular weight is 265 g/mol. The van der Waals surface area contributed by atoms with E-state index >= 15 is 0 Å². The minimum absolute atomic E-state index is 0.127. The number of methoxy groups -OCH3 is 1. The van der Waals surface area contributed by atoms with Crippen LogP contribution in [0.5, 0.6) is 0 Å². The van der Waals surface area contributed by atoms with Crippen LogP contribution < -0.4 is 0 Å². The maximum absolute atomic E-state index is 11.4. The molecule has 0 radical (unpaired) electrons. The monoisotopic (exact) mass is 264 g/mol. The number of hydrogen-bond donors (Lipinski definition) is 0. The molecular formula is C12H9ClN2O3. The molecule has 0 saturated carbocycles. The Bertz CT molecular complexity index is 590. The molecule has 0 fully saturated rings. The lowest BCUT2D eigenvalue weighted by Gasteiger charge is -2.04. The number of hydrogen-bond acceptors (Lipinski definition) is 4. The van der Waals surface area contributed by atoms with E-state index in [1.807, 2.05) is 0 Å². The second kappa shape index (κ2) is 5.01. The second-order valence-electron chi connectivity index (χ2n) is 3.44. The molecular weight excluding hydrogens is 256 g/mol. The largest absolute Gasteiger partial charge is 0.465 e. The van der Waals surface area contributed by atoms with Crippen molar-refractivity contribution in [1.82, 2.24) is 9.78 Å². The van der Waals surface area contributed by atoms with Gasteiger partial charge in [0.25, 0.3) is 0 Å². The number of carbonyl (C=O) groups excluding carboxylic acids is 2. The lowest BCUT2D eigenvalue weighted by Crippen LogP contribution is -2.07. The number of aromatic nitrogens is 2. The Morgan fingerprint density at radius 2 is 2.06 bits per heavy atom. The minimum atomic E-state index is -0.600. The summed E-state index contributed by atoms with van der Waals surface area (Å²) in [6.07, 6.45) is 1.86. The quantitative estimate of drug-likeness (QED) is 0.629. The molecule has 1 aromatic carbocycles. The summed E-state index contributed by atoms with van der Waals surface area (Å²) < 4.78 is 5.93. The van der Waals surface area contributed by atoms with Crippen molar-refractivity contribution < 1.29 is 14.3 Å². The topological polar surface area (TPSA) is 61.2 Å². The molecule has 0 atom stereocenters. The highest BCUT2D eigenvalue weighted by Gasteiger charge is 2.18. The number of benzene rings is 1. The third-order valence-corrected chi connectivity index (χ3v) is 2.65.